The number of fused-ring (bicyclic) bond motifs is 2. The lowest BCUT2D eigenvalue weighted by Gasteiger charge is -2.06. The van der Waals surface area contributed by atoms with Gasteiger partial charge in [-0.2, -0.15) is 0 Å². The van der Waals surface area contributed by atoms with E-state index in [4.69, 9.17) is 5.11 Å². The van der Waals surface area contributed by atoms with Crippen molar-refractivity contribution in [1.82, 2.24) is 14.5 Å². The van der Waals surface area contributed by atoms with E-state index >= 15 is 0 Å². The number of aromatic carboxylic acids is 1. The van der Waals surface area contributed by atoms with Crippen molar-refractivity contribution in [3.05, 3.63) is 66.6 Å². The molecular weight excluding hydrogens is 278 g/mol. The lowest BCUT2D eigenvalue weighted by molar-refractivity contribution is 0.0697. The summed E-state index contributed by atoms with van der Waals surface area (Å²) in [6.45, 7) is 0. The Kier molecular flexibility index (Phi) is 2.66. The molecule has 4 aromatic rings. The predicted octanol–water partition coefficient (Wildman–Crippen LogP) is 3.27. The van der Waals surface area contributed by atoms with Gasteiger partial charge in [-0.1, -0.05) is 6.07 Å². The first-order valence-corrected chi connectivity index (χ1v) is 6.78. The van der Waals surface area contributed by atoms with E-state index < -0.39 is 5.97 Å². The number of hydrogen-bond donors (Lipinski definition) is 1. The zero-order valence-corrected chi connectivity index (χ0v) is 11.5. The highest BCUT2D eigenvalue weighted by Crippen LogP contribution is 2.22. The number of benzene rings is 2. The quantitative estimate of drug-likeness (QED) is 0.615. The molecule has 0 aliphatic rings. The molecule has 1 N–H and O–H groups in total. The van der Waals surface area contributed by atoms with Gasteiger partial charge in [-0.3, -0.25) is 9.55 Å². The smallest absolute Gasteiger partial charge is 0.335 e. The molecular formula is C17H11N3O2. The van der Waals surface area contributed by atoms with Gasteiger partial charge in [0.25, 0.3) is 0 Å². The molecule has 5 heteroatoms. The van der Waals surface area contributed by atoms with Crippen LogP contribution in [-0.4, -0.2) is 25.6 Å². The normalized spacial score (nSPS) is 11.1. The number of pyridine rings is 1. The second-order valence-electron chi connectivity index (χ2n) is 5.00. The number of rotatable bonds is 2. The molecule has 2 aromatic heterocycles. The van der Waals surface area contributed by atoms with Crippen LogP contribution < -0.4 is 0 Å². The van der Waals surface area contributed by atoms with Crippen molar-refractivity contribution in [2.24, 2.45) is 0 Å². The first kappa shape index (κ1) is 12.5. The molecule has 0 fully saturated rings. The van der Waals surface area contributed by atoms with Crippen molar-refractivity contribution in [3.8, 4) is 5.69 Å². The molecule has 0 atom stereocenters. The summed E-state index contributed by atoms with van der Waals surface area (Å²) < 4.78 is 1.94. The van der Waals surface area contributed by atoms with Crippen LogP contribution in [0.5, 0.6) is 0 Å². The van der Waals surface area contributed by atoms with E-state index in [1.165, 1.54) is 0 Å². The van der Waals surface area contributed by atoms with Crippen LogP contribution >= 0.6 is 0 Å². The van der Waals surface area contributed by atoms with E-state index in [9.17, 15) is 4.79 Å². The van der Waals surface area contributed by atoms with Crippen molar-refractivity contribution in [2.75, 3.05) is 0 Å². The Morgan fingerprint density at radius 1 is 1.00 bits per heavy atom. The monoisotopic (exact) mass is 289 g/mol. The zero-order valence-electron chi connectivity index (χ0n) is 11.5. The van der Waals surface area contributed by atoms with Crippen LogP contribution in [0.3, 0.4) is 0 Å². The predicted molar refractivity (Wildman–Crippen MR) is 83.3 cm³/mol. The maximum Gasteiger partial charge on any atom is 0.335 e. The number of carboxylic acid groups (broad SMARTS) is 1. The topological polar surface area (TPSA) is 68.0 Å². The Hall–Kier alpha value is -3.21. The van der Waals surface area contributed by atoms with E-state index in [0.29, 0.717) is 5.52 Å². The van der Waals surface area contributed by atoms with E-state index in [1.807, 2.05) is 34.9 Å². The van der Waals surface area contributed by atoms with E-state index in [2.05, 4.69) is 9.97 Å². The largest absolute Gasteiger partial charge is 0.478 e. The standard InChI is InChI=1S/C17H11N3O2/c21-17(22)12-3-6-16-15(9-12)19-10-20(16)13-4-5-14-11(8-13)2-1-7-18-14/h1-10H,(H,21,22). The van der Waals surface area contributed by atoms with Crippen LogP contribution in [0, 0.1) is 0 Å². The Morgan fingerprint density at radius 2 is 1.91 bits per heavy atom. The summed E-state index contributed by atoms with van der Waals surface area (Å²) in [5, 5.41) is 10.1. The molecule has 2 aromatic carbocycles. The molecule has 0 aliphatic carbocycles. The van der Waals surface area contributed by atoms with Gasteiger partial charge < -0.3 is 5.11 Å². The number of nitrogens with zero attached hydrogens (tertiary/aromatic N) is 3. The molecule has 22 heavy (non-hydrogen) atoms. The van der Waals surface area contributed by atoms with Crippen LogP contribution in [-0.2, 0) is 0 Å². The molecule has 0 spiro atoms. The van der Waals surface area contributed by atoms with Gasteiger partial charge in [-0.15, -0.1) is 0 Å². The number of aromatic nitrogens is 3. The Labute approximate surface area is 125 Å². The van der Waals surface area contributed by atoms with Crippen molar-refractivity contribution in [2.45, 2.75) is 0 Å². The summed E-state index contributed by atoms with van der Waals surface area (Å²) in [4.78, 5) is 19.6. The fraction of sp³-hybridized carbons (Fsp3) is 0. The van der Waals surface area contributed by atoms with Crippen molar-refractivity contribution >= 4 is 27.9 Å². The molecule has 0 bridgehead atoms. The summed E-state index contributed by atoms with van der Waals surface area (Å²) in [6.07, 6.45) is 3.47. The minimum Gasteiger partial charge on any atom is -0.478 e. The third-order valence-electron chi connectivity index (χ3n) is 3.66. The van der Waals surface area contributed by atoms with Gasteiger partial charge in [0.1, 0.15) is 6.33 Å². The SMILES string of the molecule is O=C(O)c1ccc2c(c1)ncn2-c1ccc2ncccc2c1. The molecule has 0 radical (unpaired) electrons. The van der Waals surface area contributed by atoms with Gasteiger partial charge in [-0.25, -0.2) is 9.78 Å². The summed E-state index contributed by atoms with van der Waals surface area (Å²) in [6, 6.07) is 14.8. The highest BCUT2D eigenvalue weighted by molar-refractivity contribution is 5.93. The van der Waals surface area contributed by atoms with Crippen LogP contribution in [0.1, 0.15) is 10.4 Å². The maximum atomic E-state index is 11.0. The minimum atomic E-state index is -0.951. The van der Waals surface area contributed by atoms with Gasteiger partial charge in [0, 0.05) is 17.3 Å². The summed E-state index contributed by atoms with van der Waals surface area (Å²) >= 11 is 0. The number of carbonyl (C=O) groups is 1. The average molecular weight is 289 g/mol. The molecule has 0 amide bonds. The number of imidazole rings is 1. The summed E-state index contributed by atoms with van der Waals surface area (Å²) in [7, 11) is 0. The molecule has 106 valence electrons. The van der Waals surface area contributed by atoms with E-state index in [1.54, 1.807) is 30.7 Å². The van der Waals surface area contributed by atoms with Crippen LogP contribution in [0.4, 0.5) is 0 Å². The fourth-order valence-electron chi connectivity index (χ4n) is 2.56. The summed E-state index contributed by atoms with van der Waals surface area (Å²) in [5.74, 6) is -0.951. The van der Waals surface area contributed by atoms with Crippen LogP contribution in [0.25, 0.3) is 27.6 Å². The van der Waals surface area contributed by atoms with Gasteiger partial charge in [0.05, 0.1) is 22.1 Å². The van der Waals surface area contributed by atoms with Gasteiger partial charge >= 0.3 is 5.97 Å². The van der Waals surface area contributed by atoms with E-state index in [0.717, 1.165) is 22.1 Å². The lowest BCUT2D eigenvalue weighted by Crippen LogP contribution is -1.96. The second kappa shape index (κ2) is 4.66. The van der Waals surface area contributed by atoms with Crippen LogP contribution in [0.2, 0.25) is 0 Å². The number of carboxylic acids is 1. The first-order valence-electron chi connectivity index (χ1n) is 6.78. The Bertz CT molecular complexity index is 1020. The Morgan fingerprint density at radius 3 is 2.77 bits per heavy atom. The molecule has 0 aliphatic heterocycles. The molecule has 4 rings (SSSR count). The Balaban J connectivity index is 1.90. The third kappa shape index (κ3) is 1.91. The summed E-state index contributed by atoms with van der Waals surface area (Å²) in [5.41, 5.74) is 3.66. The highest BCUT2D eigenvalue weighted by Gasteiger charge is 2.09. The van der Waals surface area contributed by atoms with Gasteiger partial charge in [-0.05, 0) is 42.5 Å². The maximum absolute atomic E-state index is 11.0. The average Bonchev–Trinajstić information content (AvgIpc) is 2.97. The highest BCUT2D eigenvalue weighted by atomic mass is 16.4. The molecule has 0 unspecified atom stereocenters. The van der Waals surface area contributed by atoms with Crippen molar-refractivity contribution in [1.29, 1.82) is 0 Å². The molecule has 5 nitrogen and oxygen atoms in total. The molecule has 0 saturated heterocycles. The number of hydrogen-bond acceptors (Lipinski definition) is 3. The van der Waals surface area contributed by atoms with Crippen molar-refractivity contribution in [3.63, 3.8) is 0 Å². The fourth-order valence-corrected chi connectivity index (χ4v) is 2.56. The second-order valence-corrected chi connectivity index (χ2v) is 5.00. The zero-order chi connectivity index (χ0) is 15.1. The lowest BCUT2D eigenvalue weighted by atomic mass is 10.2. The van der Waals surface area contributed by atoms with Gasteiger partial charge in [0.15, 0.2) is 0 Å². The first-order chi connectivity index (χ1) is 10.7. The van der Waals surface area contributed by atoms with Crippen molar-refractivity contribution < 1.29 is 9.90 Å². The van der Waals surface area contributed by atoms with E-state index in [-0.39, 0.29) is 5.56 Å². The minimum absolute atomic E-state index is 0.237. The molecule has 0 saturated carbocycles. The third-order valence-corrected chi connectivity index (χ3v) is 3.66. The van der Waals surface area contributed by atoms with Gasteiger partial charge in [0.2, 0.25) is 0 Å². The van der Waals surface area contributed by atoms with Crippen LogP contribution in [0.15, 0.2) is 61.1 Å². The molecule has 2 heterocycles.